The number of fused-ring (bicyclic) bond motifs is 2. The summed E-state index contributed by atoms with van der Waals surface area (Å²) in [7, 11) is 0. The topological polar surface area (TPSA) is 59.0 Å². The first-order valence-electron chi connectivity index (χ1n) is 8.55. The summed E-state index contributed by atoms with van der Waals surface area (Å²) in [5, 5.41) is 10.9. The minimum Gasteiger partial charge on any atom is -0.444 e. The largest absolute Gasteiger partial charge is 0.444 e. The van der Waals surface area contributed by atoms with Crippen LogP contribution >= 0.6 is 0 Å². The molecular formula is C17H31NO4. The number of hydrogen-bond donors (Lipinski definition) is 1. The van der Waals surface area contributed by atoms with Crippen molar-refractivity contribution >= 4 is 6.09 Å². The van der Waals surface area contributed by atoms with Crippen molar-refractivity contribution in [3.8, 4) is 0 Å². The number of unbranched alkanes of at least 4 members (excludes halogenated alkanes) is 2. The van der Waals surface area contributed by atoms with Crippen LogP contribution in [-0.2, 0) is 9.47 Å². The lowest BCUT2D eigenvalue weighted by atomic mass is 9.78. The van der Waals surface area contributed by atoms with Crippen LogP contribution in [-0.4, -0.2) is 52.6 Å². The minimum atomic E-state index is -0.660. The Hall–Kier alpha value is -0.810. The number of aliphatic hydroxyl groups is 1. The van der Waals surface area contributed by atoms with Gasteiger partial charge in [-0.15, -0.1) is 0 Å². The number of rotatable bonds is 4. The van der Waals surface area contributed by atoms with E-state index < -0.39 is 11.2 Å². The Labute approximate surface area is 134 Å². The highest BCUT2D eigenvalue weighted by molar-refractivity contribution is 5.69. The zero-order chi connectivity index (χ0) is 16.4. The molecule has 128 valence electrons. The van der Waals surface area contributed by atoms with Crippen molar-refractivity contribution in [2.75, 3.05) is 13.2 Å². The van der Waals surface area contributed by atoms with Gasteiger partial charge < -0.3 is 14.6 Å². The smallest absolute Gasteiger partial charge is 0.410 e. The number of carbonyl (C=O) groups is 1. The first-order valence-corrected chi connectivity index (χ1v) is 8.55. The number of amides is 1. The van der Waals surface area contributed by atoms with Crippen molar-refractivity contribution in [3.63, 3.8) is 0 Å². The van der Waals surface area contributed by atoms with Gasteiger partial charge in [0, 0.05) is 0 Å². The molecule has 0 aromatic rings. The summed E-state index contributed by atoms with van der Waals surface area (Å²) in [5.74, 6) is 0. The lowest BCUT2D eigenvalue weighted by Gasteiger charge is -2.51. The second-order valence-corrected chi connectivity index (χ2v) is 7.82. The molecule has 2 aliphatic rings. The van der Waals surface area contributed by atoms with Crippen LogP contribution in [0.5, 0.6) is 0 Å². The van der Waals surface area contributed by atoms with Crippen LogP contribution in [0.1, 0.15) is 66.2 Å². The maximum Gasteiger partial charge on any atom is 0.410 e. The molecule has 5 nitrogen and oxygen atoms in total. The second-order valence-electron chi connectivity index (χ2n) is 7.82. The van der Waals surface area contributed by atoms with Crippen molar-refractivity contribution in [1.29, 1.82) is 0 Å². The van der Waals surface area contributed by atoms with E-state index in [-0.39, 0.29) is 18.2 Å². The molecule has 0 aromatic carbocycles. The average molecular weight is 313 g/mol. The Kier molecular flexibility index (Phi) is 5.38. The second kappa shape index (κ2) is 6.75. The van der Waals surface area contributed by atoms with Gasteiger partial charge in [-0.1, -0.05) is 26.2 Å². The molecule has 2 heterocycles. The maximum atomic E-state index is 12.5. The predicted molar refractivity (Wildman–Crippen MR) is 84.8 cm³/mol. The van der Waals surface area contributed by atoms with Gasteiger partial charge in [0.2, 0.25) is 0 Å². The monoisotopic (exact) mass is 313 g/mol. The zero-order valence-electron chi connectivity index (χ0n) is 14.4. The molecule has 0 aliphatic carbocycles. The Morgan fingerprint density at radius 3 is 2.36 bits per heavy atom. The molecule has 2 rings (SSSR count). The zero-order valence-corrected chi connectivity index (χ0v) is 14.4. The fraction of sp³-hybridized carbons (Fsp3) is 0.941. The molecule has 2 bridgehead atoms. The molecule has 0 saturated carbocycles. The normalized spacial score (nSPS) is 32.0. The first kappa shape index (κ1) is 17.5. The highest BCUT2D eigenvalue weighted by Crippen LogP contribution is 2.38. The third kappa shape index (κ3) is 4.35. The third-order valence-corrected chi connectivity index (χ3v) is 4.49. The number of piperidine rings is 1. The molecule has 2 unspecified atom stereocenters. The molecule has 0 aromatic heterocycles. The Morgan fingerprint density at radius 1 is 1.27 bits per heavy atom. The molecule has 1 N–H and O–H groups in total. The minimum absolute atomic E-state index is 0.0750. The molecule has 2 fully saturated rings. The van der Waals surface area contributed by atoms with Gasteiger partial charge in [-0.25, -0.2) is 4.79 Å². The SMILES string of the molecule is CCCCCC1(O)CC2COCC(C1)N2C(=O)OC(C)(C)C. The van der Waals surface area contributed by atoms with E-state index in [0.717, 1.165) is 25.7 Å². The van der Waals surface area contributed by atoms with E-state index in [1.54, 1.807) is 0 Å². The van der Waals surface area contributed by atoms with Crippen LogP contribution in [0.15, 0.2) is 0 Å². The van der Waals surface area contributed by atoms with Crippen molar-refractivity contribution in [2.24, 2.45) is 0 Å². The van der Waals surface area contributed by atoms with Crippen molar-refractivity contribution in [1.82, 2.24) is 4.90 Å². The van der Waals surface area contributed by atoms with Gasteiger partial charge >= 0.3 is 6.09 Å². The summed E-state index contributed by atoms with van der Waals surface area (Å²) in [5.41, 5.74) is -1.16. The Bertz CT molecular complexity index is 377. The maximum absolute atomic E-state index is 12.5. The Morgan fingerprint density at radius 2 is 1.86 bits per heavy atom. The van der Waals surface area contributed by atoms with E-state index in [2.05, 4.69) is 6.92 Å². The Balaban J connectivity index is 2.03. The molecular weight excluding hydrogens is 282 g/mol. The highest BCUT2D eigenvalue weighted by Gasteiger charge is 2.48. The van der Waals surface area contributed by atoms with Crippen molar-refractivity contribution < 1.29 is 19.4 Å². The number of nitrogens with zero attached hydrogens (tertiary/aromatic N) is 1. The van der Waals surface area contributed by atoms with Crippen LogP contribution in [0.4, 0.5) is 4.79 Å². The molecule has 2 aliphatic heterocycles. The van der Waals surface area contributed by atoms with Gasteiger partial charge in [-0.05, 0) is 40.0 Å². The van der Waals surface area contributed by atoms with E-state index in [9.17, 15) is 9.90 Å². The van der Waals surface area contributed by atoms with E-state index in [1.165, 1.54) is 0 Å². The molecule has 0 radical (unpaired) electrons. The van der Waals surface area contributed by atoms with Gasteiger partial charge in [0.25, 0.3) is 0 Å². The number of morpholine rings is 1. The molecule has 2 saturated heterocycles. The molecule has 5 heteroatoms. The van der Waals surface area contributed by atoms with Crippen molar-refractivity contribution in [3.05, 3.63) is 0 Å². The van der Waals surface area contributed by atoms with E-state index in [4.69, 9.17) is 9.47 Å². The molecule has 22 heavy (non-hydrogen) atoms. The fourth-order valence-electron chi connectivity index (χ4n) is 3.59. The van der Waals surface area contributed by atoms with Gasteiger partial charge in [0.05, 0.1) is 30.9 Å². The molecule has 1 amide bonds. The van der Waals surface area contributed by atoms with Gasteiger partial charge in [0.15, 0.2) is 0 Å². The number of hydrogen-bond acceptors (Lipinski definition) is 4. The summed E-state index contributed by atoms with van der Waals surface area (Å²) in [6.45, 7) is 8.78. The van der Waals surface area contributed by atoms with E-state index >= 15 is 0 Å². The van der Waals surface area contributed by atoms with Crippen LogP contribution in [0, 0.1) is 0 Å². The van der Waals surface area contributed by atoms with Crippen LogP contribution < -0.4 is 0 Å². The summed E-state index contributed by atoms with van der Waals surface area (Å²) in [6, 6.07) is -0.150. The average Bonchev–Trinajstić information content (AvgIpc) is 2.35. The first-order chi connectivity index (χ1) is 10.2. The van der Waals surface area contributed by atoms with E-state index in [0.29, 0.717) is 26.1 Å². The highest BCUT2D eigenvalue weighted by atomic mass is 16.6. The fourth-order valence-corrected chi connectivity index (χ4v) is 3.59. The van der Waals surface area contributed by atoms with Crippen LogP contribution in [0.2, 0.25) is 0 Å². The van der Waals surface area contributed by atoms with Crippen LogP contribution in [0.3, 0.4) is 0 Å². The van der Waals surface area contributed by atoms with Gasteiger partial charge in [0.1, 0.15) is 5.60 Å². The number of ether oxygens (including phenoxy) is 2. The third-order valence-electron chi connectivity index (χ3n) is 4.49. The van der Waals surface area contributed by atoms with Crippen molar-refractivity contribution in [2.45, 2.75) is 89.5 Å². The summed E-state index contributed by atoms with van der Waals surface area (Å²) in [6.07, 6.45) is 5.05. The quantitative estimate of drug-likeness (QED) is 0.810. The predicted octanol–water partition coefficient (Wildman–Crippen LogP) is 3.10. The lowest BCUT2D eigenvalue weighted by molar-refractivity contribution is -0.140. The molecule has 0 spiro atoms. The molecule has 2 atom stereocenters. The van der Waals surface area contributed by atoms with Gasteiger partial charge in [-0.2, -0.15) is 0 Å². The van der Waals surface area contributed by atoms with Gasteiger partial charge in [-0.3, -0.25) is 4.90 Å². The number of carbonyl (C=O) groups excluding carboxylic acids is 1. The summed E-state index contributed by atoms with van der Waals surface area (Å²) < 4.78 is 11.1. The lowest BCUT2D eigenvalue weighted by Crippen LogP contribution is -2.64. The van der Waals surface area contributed by atoms with E-state index in [1.807, 2.05) is 25.7 Å². The summed E-state index contributed by atoms with van der Waals surface area (Å²) >= 11 is 0. The van der Waals surface area contributed by atoms with Crippen LogP contribution in [0.25, 0.3) is 0 Å². The standard InChI is InChI=1S/C17H31NO4/c1-5-6-7-8-17(20)9-13-11-21-12-14(10-17)18(13)15(19)22-16(2,3)4/h13-14,20H,5-12H2,1-4H3. The summed E-state index contributed by atoms with van der Waals surface area (Å²) in [4.78, 5) is 14.3.